The van der Waals surface area contributed by atoms with Crippen molar-refractivity contribution in [3.05, 3.63) is 241 Å². The van der Waals surface area contributed by atoms with Gasteiger partial charge in [-0.05, 0) is 131 Å². The SMILES string of the molecule is c1ccc(-c2cccc(-c3nc4ccccc4nc3-c3ccc4c(c3)C3(c5ccccc5-c5ccccc53)c3cccc(-c5ccc6c(c5)c5cccc7oc8cccc6c8c75)c3-4)c2)cc1. The monoisotopic (exact) mass is 836 g/mol. The van der Waals surface area contributed by atoms with Crippen molar-refractivity contribution in [2.24, 2.45) is 0 Å². The van der Waals surface area contributed by atoms with Gasteiger partial charge in [-0.2, -0.15) is 0 Å². The van der Waals surface area contributed by atoms with Gasteiger partial charge in [-0.3, -0.25) is 0 Å². The Morgan fingerprint density at radius 3 is 1.58 bits per heavy atom. The number of rotatable bonds is 4. The Morgan fingerprint density at radius 2 is 0.848 bits per heavy atom. The van der Waals surface area contributed by atoms with E-state index in [1.54, 1.807) is 0 Å². The van der Waals surface area contributed by atoms with Gasteiger partial charge in [0.15, 0.2) is 0 Å². The number of hydrogen-bond acceptors (Lipinski definition) is 3. The van der Waals surface area contributed by atoms with Gasteiger partial charge in [0.2, 0.25) is 0 Å². The van der Waals surface area contributed by atoms with E-state index in [1.807, 2.05) is 12.1 Å². The van der Waals surface area contributed by atoms with Crippen LogP contribution in [-0.2, 0) is 5.41 Å². The molecule has 2 heterocycles. The van der Waals surface area contributed by atoms with Gasteiger partial charge in [0.05, 0.1) is 27.8 Å². The van der Waals surface area contributed by atoms with Crippen LogP contribution in [0.4, 0.5) is 0 Å². The van der Waals surface area contributed by atoms with Gasteiger partial charge in [0.25, 0.3) is 0 Å². The van der Waals surface area contributed by atoms with E-state index in [0.717, 1.165) is 50.3 Å². The fraction of sp³-hybridized carbons (Fsp3) is 0.0159. The minimum Gasteiger partial charge on any atom is -0.456 e. The lowest BCUT2D eigenvalue weighted by Gasteiger charge is -2.31. The van der Waals surface area contributed by atoms with Crippen molar-refractivity contribution >= 4 is 54.5 Å². The number of fused-ring (bicyclic) bond motifs is 14. The highest BCUT2D eigenvalue weighted by atomic mass is 16.3. The Balaban J connectivity index is 1.01. The number of nitrogens with zero attached hydrogens (tertiary/aromatic N) is 2. The van der Waals surface area contributed by atoms with Crippen LogP contribution in [0.15, 0.2) is 223 Å². The topological polar surface area (TPSA) is 38.9 Å². The Bertz CT molecular complexity index is 4130. The predicted molar refractivity (Wildman–Crippen MR) is 271 cm³/mol. The standard InChI is InChI=1S/C63H36N2O/c1-2-14-37(15-3-1)38-16-10-17-40(34-38)61-62(65-55-27-9-8-26-54(55)64-61)41-31-33-48-53(36-41)63(50-23-6-4-18-44(50)45-19-5-7-24-51(45)63)52-25-11-20-42(58(48)52)39-30-32-43-46-21-12-28-56-59(46)60-47(49(43)35-39)22-13-29-57(60)66-56/h1-36H. The summed E-state index contributed by atoms with van der Waals surface area (Å²) in [5.41, 5.74) is 21.8. The summed E-state index contributed by atoms with van der Waals surface area (Å²) < 4.78 is 6.42. The van der Waals surface area contributed by atoms with Crippen LogP contribution in [0.1, 0.15) is 22.3 Å². The molecule has 2 aromatic heterocycles. The highest BCUT2D eigenvalue weighted by Crippen LogP contribution is 2.64. The first kappa shape index (κ1) is 35.8. The second-order valence-electron chi connectivity index (χ2n) is 17.9. The molecule has 1 spiro atoms. The van der Waals surface area contributed by atoms with Crippen molar-refractivity contribution in [2.75, 3.05) is 0 Å². The average Bonchev–Trinajstić information content (AvgIpc) is 4.03. The molecule has 66 heavy (non-hydrogen) atoms. The quantitative estimate of drug-likeness (QED) is 0.166. The first-order valence-corrected chi connectivity index (χ1v) is 22.7. The first-order chi connectivity index (χ1) is 32.7. The van der Waals surface area contributed by atoms with Gasteiger partial charge >= 0.3 is 0 Å². The molecule has 2 aliphatic carbocycles. The summed E-state index contributed by atoms with van der Waals surface area (Å²) in [4.78, 5) is 10.9. The maximum Gasteiger partial charge on any atom is 0.136 e. The third kappa shape index (κ3) is 4.71. The summed E-state index contributed by atoms with van der Waals surface area (Å²) in [5, 5.41) is 7.32. The summed E-state index contributed by atoms with van der Waals surface area (Å²) in [6.07, 6.45) is 0. The molecule has 15 rings (SSSR count). The van der Waals surface area contributed by atoms with Crippen LogP contribution >= 0.6 is 0 Å². The second kappa shape index (κ2) is 13.2. The van der Waals surface area contributed by atoms with Crippen molar-refractivity contribution < 1.29 is 4.42 Å². The van der Waals surface area contributed by atoms with E-state index in [2.05, 4.69) is 206 Å². The molecule has 0 unspecified atom stereocenters. The van der Waals surface area contributed by atoms with Gasteiger partial charge in [-0.25, -0.2) is 9.97 Å². The molecular weight excluding hydrogens is 801 g/mol. The molecule has 0 fully saturated rings. The molecule has 11 aromatic carbocycles. The lowest BCUT2D eigenvalue weighted by Crippen LogP contribution is -2.26. The summed E-state index contributed by atoms with van der Waals surface area (Å²) >= 11 is 0. The molecule has 3 nitrogen and oxygen atoms in total. The molecule has 0 radical (unpaired) electrons. The average molecular weight is 837 g/mol. The van der Waals surface area contributed by atoms with Crippen molar-refractivity contribution in [1.29, 1.82) is 0 Å². The van der Waals surface area contributed by atoms with Gasteiger partial charge < -0.3 is 4.42 Å². The second-order valence-corrected chi connectivity index (χ2v) is 17.9. The van der Waals surface area contributed by atoms with Crippen LogP contribution in [0.25, 0.3) is 122 Å². The molecule has 0 N–H and O–H groups in total. The Labute approximate surface area is 380 Å². The molecule has 3 heteroatoms. The molecule has 0 amide bonds. The van der Waals surface area contributed by atoms with Crippen molar-refractivity contribution in [3.63, 3.8) is 0 Å². The van der Waals surface area contributed by atoms with Gasteiger partial charge in [-0.15, -0.1) is 0 Å². The molecule has 13 aromatic rings. The van der Waals surface area contributed by atoms with E-state index >= 15 is 0 Å². The molecular formula is C63H36N2O. The van der Waals surface area contributed by atoms with E-state index < -0.39 is 5.41 Å². The zero-order valence-electron chi connectivity index (χ0n) is 35.6. The van der Waals surface area contributed by atoms with Crippen LogP contribution in [0.5, 0.6) is 0 Å². The van der Waals surface area contributed by atoms with E-state index in [4.69, 9.17) is 14.4 Å². The molecule has 0 aliphatic heterocycles. The minimum absolute atomic E-state index is 0.567. The van der Waals surface area contributed by atoms with Crippen molar-refractivity contribution in [1.82, 2.24) is 9.97 Å². The Morgan fingerprint density at radius 1 is 0.303 bits per heavy atom. The number of furan rings is 1. The lowest BCUT2D eigenvalue weighted by molar-refractivity contribution is 0.669. The molecule has 0 bridgehead atoms. The van der Waals surface area contributed by atoms with Gasteiger partial charge in [0.1, 0.15) is 11.2 Å². The summed E-state index contributed by atoms with van der Waals surface area (Å²) in [6, 6.07) is 79.7. The largest absolute Gasteiger partial charge is 0.456 e. The van der Waals surface area contributed by atoms with Gasteiger partial charge in [-0.1, -0.05) is 176 Å². The Hall–Kier alpha value is -8.66. The Kier molecular flexibility index (Phi) is 7.15. The van der Waals surface area contributed by atoms with Crippen LogP contribution in [0.3, 0.4) is 0 Å². The number of aromatic nitrogens is 2. The molecule has 0 atom stereocenters. The molecule has 0 saturated heterocycles. The van der Waals surface area contributed by atoms with Crippen LogP contribution in [-0.4, -0.2) is 9.97 Å². The van der Waals surface area contributed by atoms with E-state index in [1.165, 1.54) is 93.5 Å². The minimum atomic E-state index is -0.567. The normalized spacial score (nSPS) is 13.3. The number of benzene rings is 11. The maximum absolute atomic E-state index is 6.42. The lowest BCUT2D eigenvalue weighted by atomic mass is 9.70. The van der Waals surface area contributed by atoms with Crippen LogP contribution in [0.2, 0.25) is 0 Å². The molecule has 2 aliphatic rings. The van der Waals surface area contributed by atoms with Crippen LogP contribution in [0, 0.1) is 0 Å². The third-order valence-electron chi connectivity index (χ3n) is 14.6. The summed E-state index contributed by atoms with van der Waals surface area (Å²) in [7, 11) is 0. The van der Waals surface area contributed by atoms with Crippen LogP contribution < -0.4 is 0 Å². The number of para-hydroxylation sites is 2. The number of hydrogen-bond donors (Lipinski definition) is 0. The summed E-state index contributed by atoms with van der Waals surface area (Å²) in [6.45, 7) is 0. The highest BCUT2D eigenvalue weighted by molar-refractivity contribution is 6.33. The smallest absolute Gasteiger partial charge is 0.136 e. The van der Waals surface area contributed by atoms with Gasteiger partial charge in [0, 0.05) is 21.9 Å². The fourth-order valence-electron chi connectivity index (χ4n) is 11.9. The zero-order valence-corrected chi connectivity index (χ0v) is 35.6. The fourth-order valence-corrected chi connectivity index (χ4v) is 11.9. The molecule has 304 valence electrons. The van der Waals surface area contributed by atoms with E-state index in [9.17, 15) is 0 Å². The molecule has 0 saturated carbocycles. The third-order valence-corrected chi connectivity index (χ3v) is 14.6. The van der Waals surface area contributed by atoms with Crippen molar-refractivity contribution in [3.8, 4) is 67.0 Å². The highest BCUT2D eigenvalue weighted by Gasteiger charge is 2.52. The van der Waals surface area contributed by atoms with Crippen molar-refractivity contribution in [2.45, 2.75) is 5.41 Å². The maximum atomic E-state index is 6.42. The van der Waals surface area contributed by atoms with E-state index in [-0.39, 0.29) is 0 Å². The van der Waals surface area contributed by atoms with E-state index in [0.29, 0.717) is 0 Å². The predicted octanol–water partition coefficient (Wildman–Crippen LogP) is 16.3. The zero-order chi connectivity index (χ0) is 43.1. The first-order valence-electron chi connectivity index (χ1n) is 22.7. The summed E-state index contributed by atoms with van der Waals surface area (Å²) in [5.74, 6) is 0.